The minimum absolute atomic E-state index is 0.467. The first-order chi connectivity index (χ1) is 9.74. The van der Waals surface area contributed by atoms with Crippen LogP contribution in [0.15, 0.2) is 36.0 Å². The third-order valence-corrected chi connectivity index (χ3v) is 4.71. The van der Waals surface area contributed by atoms with Crippen molar-refractivity contribution in [2.45, 2.75) is 18.9 Å². The van der Waals surface area contributed by atoms with Gasteiger partial charge >= 0.3 is 5.97 Å². The quantitative estimate of drug-likeness (QED) is 0.940. The zero-order valence-corrected chi connectivity index (χ0v) is 11.8. The van der Waals surface area contributed by atoms with Gasteiger partial charge < -0.3 is 5.11 Å². The van der Waals surface area contributed by atoms with Gasteiger partial charge in [-0.2, -0.15) is 0 Å². The van der Waals surface area contributed by atoms with E-state index >= 15 is 0 Å². The number of aromatic carboxylic acids is 1. The predicted molar refractivity (Wildman–Crippen MR) is 78.2 cm³/mol. The summed E-state index contributed by atoms with van der Waals surface area (Å²) in [4.78, 5) is 18.1. The molecule has 0 radical (unpaired) electrons. The Labute approximate surface area is 121 Å². The van der Waals surface area contributed by atoms with E-state index in [9.17, 15) is 4.79 Å². The number of carbonyl (C=O) groups is 1. The highest BCUT2D eigenvalue weighted by atomic mass is 32.1. The van der Waals surface area contributed by atoms with Crippen molar-refractivity contribution in [1.82, 2.24) is 9.88 Å². The van der Waals surface area contributed by atoms with E-state index in [1.54, 1.807) is 6.20 Å². The molecule has 0 bridgehead atoms. The van der Waals surface area contributed by atoms with Crippen LogP contribution in [0, 0.1) is 0 Å². The van der Waals surface area contributed by atoms with E-state index in [0.717, 1.165) is 31.6 Å². The van der Waals surface area contributed by atoms with Crippen LogP contribution in [-0.2, 0) is 6.54 Å². The van der Waals surface area contributed by atoms with Gasteiger partial charge in [-0.3, -0.25) is 9.88 Å². The minimum atomic E-state index is -0.821. The van der Waals surface area contributed by atoms with Crippen molar-refractivity contribution < 1.29 is 9.90 Å². The standard InChI is InChI=1S/C15H16N2O2S/c18-15(19)14-13(4-7-20-14)10-17-6-3-12(9-17)11-2-1-5-16-8-11/h1-2,4-5,7-8,12H,3,6,9-10H2,(H,18,19). The second-order valence-electron chi connectivity index (χ2n) is 5.09. The highest BCUT2D eigenvalue weighted by Crippen LogP contribution is 2.28. The number of carboxylic acid groups (broad SMARTS) is 1. The molecule has 1 aliphatic rings. The molecule has 0 spiro atoms. The molecule has 1 fully saturated rings. The van der Waals surface area contributed by atoms with E-state index in [1.165, 1.54) is 16.9 Å². The van der Waals surface area contributed by atoms with E-state index in [0.29, 0.717) is 10.8 Å². The first-order valence-corrected chi connectivity index (χ1v) is 7.54. The number of rotatable bonds is 4. The van der Waals surface area contributed by atoms with E-state index < -0.39 is 5.97 Å². The topological polar surface area (TPSA) is 53.4 Å². The number of hydrogen-bond donors (Lipinski definition) is 1. The van der Waals surface area contributed by atoms with Crippen molar-refractivity contribution in [3.8, 4) is 0 Å². The van der Waals surface area contributed by atoms with E-state index in [1.807, 2.05) is 23.7 Å². The van der Waals surface area contributed by atoms with Gasteiger partial charge in [0.05, 0.1) is 0 Å². The molecule has 3 rings (SSSR count). The maximum absolute atomic E-state index is 11.1. The molecule has 20 heavy (non-hydrogen) atoms. The summed E-state index contributed by atoms with van der Waals surface area (Å²) in [5.74, 6) is -0.311. The third-order valence-electron chi connectivity index (χ3n) is 3.76. The summed E-state index contributed by atoms with van der Waals surface area (Å²) in [6.07, 6.45) is 4.83. The Kier molecular flexibility index (Phi) is 3.80. The summed E-state index contributed by atoms with van der Waals surface area (Å²) < 4.78 is 0. The van der Waals surface area contributed by atoms with Gasteiger partial charge in [0.15, 0.2) is 0 Å². The fourth-order valence-electron chi connectivity index (χ4n) is 2.75. The summed E-state index contributed by atoms with van der Waals surface area (Å²) in [6, 6.07) is 6.01. The average Bonchev–Trinajstić information content (AvgIpc) is 3.09. The lowest BCUT2D eigenvalue weighted by atomic mass is 10.0. The zero-order valence-electron chi connectivity index (χ0n) is 11.0. The van der Waals surface area contributed by atoms with Crippen molar-refractivity contribution in [2.24, 2.45) is 0 Å². The maximum Gasteiger partial charge on any atom is 0.346 e. The highest BCUT2D eigenvalue weighted by molar-refractivity contribution is 7.12. The molecule has 2 aromatic heterocycles. The van der Waals surface area contributed by atoms with Crippen LogP contribution in [0.5, 0.6) is 0 Å². The van der Waals surface area contributed by atoms with E-state index in [2.05, 4.69) is 16.0 Å². The van der Waals surface area contributed by atoms with Crippen LogP contribution in [0.2, 0.25) is 0 Å². The lowest BCUT2D eigenvalue weighted by molar-refractivity contribution is 0.0700. The van der Waals surface area contributed by atoms with Crippen molar-refractivity contribution in [3.63, 3.8) is 0 Å². The Bertz CT molecular complexity index is 597. The summed E-state index contributed by atoms with van der Waals surface area (Å²) in [5, 5.41) is 11.0. The molecule has 1 saturated heterocycles. The molecule has 4 nitrogen and oxygen atoms in total. The molecule has 1 unspecified atom stereocenters. The molecular weight excluding hydrogens is 272 g/mol. The Hall–Kier alpha value is -1.72. The van der Waals surface area contributed by atoms with Crippen molar-refractivity contribution in [2.75, 3.05) is 13.1 Å². The van der Waals surface area contributed by atoms with Gasteiger partial charge in [-0.05, 0) is 47.5 Å². The average molecular weight is 288 g/mol. The first kappa shape index (κ1) is 13.3. The molecule has 1 N–H and O–H groups in total. The summed E-state index contributed by atoms with van der Waals surface area (Å²) in [6.45, 7) is 2.71. The number of pyridine rings is 1. The van der Waals surface area contributed by atoms with Gasteiger partial charge in [0.1, 0.15) is 4.88 Å². The van der Waals surface area contributed by atoms with Gasteiger partial charge in [0.2, 0.25) is 0 Å². The van der Waals surface area contributed by atoms with Gasteiger partial charge in [0.25, 0.3) is 0 Å². The van der Waals surface area contributed by atoms with Crippen LogP contribution in [0.3, 0.4) is 0 Å². The zero-order chi connectivity index (χ0) is 13.9. The largest absolute Gasteiger partial charge is 0.477 e. The molecule has 2 aromatic rings. The van der Waals surface area contributed by atoms with Crippen LogP contribution in [0.4, 0.5) is 0 Å². The molecule has 0 saturated carbocycles. The number of carboxylic acids is 1. The number of nitrogens with zero attached hydrogens (tertiary/aromatic N) is 2. The van der Waals surface area contributed by atoms with Crippen LogP contribution in [0.25, 0.3) is 0 Å². The molecule has 5 heteroatoms. The Morgan fingerprint density at radius 3 is 3.15 bits per heavy atom. The van der Waals surface area contributed by atoms with Crippen LogP contribution < -0.4 is 0 Å². The second kappa shape index (κ2) is 5.73. The van der Waals surface area contributed by atoms with Crippen molar-refractivity contribution >= 4 is 17.3 Å². The molecule has 0 aliphatic carbocycles. The fraction of sp³-hybridized carbons (Fsp3) is 0.333. The number of aromatic nitrogens is 1. The summed E-state index contributed by atoms with van der Waals surface area (Å²) in [5.41, 5.74) is 2.20. The number of thiophene rings is 1. The van der Waals surface area contributed by atoms with Gasteiger partial charge in [0, 0.05) is 25.5 Å². The Balaban J connectivity index is 1.66. The van der Waals surface area contributed by atoms with Crippen molar-refractivity contribution in [1.29, 1.82) is 0 Å². The van der Waals surface area contributed by atoms with Gasteiger partial charge in [-0.15, -0.1) is 11.3 Å². The summed E-state index contributed by atoms with van der Waals surface area (Å²) in [7, 11) is 0. The molecule has 104 valence electrons. The lowest BCUT2D eigenvalue weighted by Crippen LogP contribution is -2.20. The molecule has 1 atom stereocenters. The number of hydrogen-bond acceptors (Lipinski definition) is 4. The van der Waals surface area contributed by atoms with Gasteiger partial charge in [-0.25, -0.2) is 4.79 Å². The fourth-order valence-corrected chi connectivity index (χ4v) is 3.51. The predicted octanol–water partition coefficient (Wildman–Crippen LogP) is 2.83. The van der Waals surface area contributed by atoms with Gasteiger partial charge in [-0.1, -0.05) is 6.07 Å². The minimum Gasteiger partial charge on any atom is -0.477 e. The Morgan fingerprint density at radius 1 is 1.50 bits per heavy atom. The van der Waals surface area contributed by atoms with E-state index in [4.69, 9.17) is 5.11 Å². The summed E-state index contributed by atoms with van der Waals surface area (Å²) >= 11 is 1.30. The van der Waals surface area contributed by atoms with Crippen LogP contribution in [-0.4, -0.2) is 34.0 Å². The van der Waals surface area contributed by atoms with Crippen LogP contribution in [0.1, 0.15) is 33.1 Å². The monoisotopic (exact) mass is 288 g/mol. The van der Waals surface area contributed by atoms with E-state index in [-0.39, 0.29) is 0 Å². The Morgan fingerprint density at radius 2 is 2.40 bits per heavy atom. The third kappa shape index (κ3) is 2.73. The lowest BCUT2D eigenvalue weighted by Gasteiger charge is -2.15. The number of likely N-dealkylation sites (tertiary alicyclic amines) is 1. The highest BCUT2D eigenvalue weighted by Gasteiger charge is 2.25. The molecule has 0 aromatic carbocycles. The molecular formula is C15H16N2O2S. The molecule has 0 amide bonds. The molecule has 1 aliphatic heterocycles. The van der Waals surface area contributed by atoms with Crippen LogP contribution >= 0.6 is 11.3 Å². The normalized spacial score (nSPS) is 19.3. The maximum atomic E-state index is 11.1. The SMILES string of the molecule is O=C(O)c1sccc1CN1CCC(c2cccnc2)C1. The van der Waals surface area contributed by atoms with Crippen molar-refractivity contribution in [3.05, 3.63) is 52.0 Å². The molecule has 3 heterocycles. The second-order valence-corrected chi connectivity index (χ2v) is 6.00. The first-order valence-electron chi connectivity index (χ1n) is 6.66. The smallest absolute Gasteiger partial charge is 0.346 e.